The third-order valence-corrected chi connectivity index (χ3v) is 9.23. The van der Waals surface area contributed by atoms with Gasteiger partial charge in [-0.15, -0.1) is 0 Å². The van der Waals surface area contributed by atoms with Crippen molar-refractivity contribution in [2.45, 2.75) is 59.3 Å². The van der Waals surface area contributed by atoms with Crippen molar-refractivity contribution >= 4 is 11.0 Å². The van der Waals surface area contributed by atoms with Crippen LogP contribution in [0.25, 0.3) is 61.8 Å². The van der Waals surface area contributed by atoms with Crippen molar-refractivity contribution in [3.63, 3.8) is 0 Å². The van der Waals surface area contributed by atoms with Crippen LogP contribution >= 0.6 is 0 Å². The van der Waals surface area contributed by atoms with E-state index in [2.05, 4.69) is 132 Å². The molecule has 0 saturated carbocycles. The number of phenolic OH excluding ortho intramolecular Hbond substituents is 1. The Hall–Kier alpha value is -5.55. The molecular weight excluding hydrogens is 601 g/mol. The zero-order valence-electron chi connectivity index (χ0n) is 29.3. The molecule has 0 bridgehead atoms. The second-order valence-corrected chi connectivity index (χ2v) is 14.9. The lowest BCUT2D eigenvalue weighted by Crippen LogP contribution is -2.17. The first kappa shape index (κ1) is 32.0. The van der Waals surface area contributed by atoms with Crippen LogP contribution in [0.5, 0.6) is 5.75 Å². The van der Waals surface area contributed by atoms with E-state index in [1.165, 1.54) is 5.56 Å². The highest BCUT2D eigenvalue weighted by Gasteiger charge is 2.28. The summed E-state index contributed by atoms with van der Waals surface area (Å²) >= 11 is 0. The number of fused-ring (bicyclic) bond motifs is 1. The van der Waals surface area contributed by atoms with Crippen LogP contribution in [-0.4, -0.2) is 24.6 Å². The molecule has 0 aliphatic heterocycles. The maximum Gasteiger partial charge on any atom is 0.149 e. The Kier molecular flexibility index (Phi) is 7.95. The highest BCUT2D eigenvalue weighted by Crippen LogP contribution is 2.44. The fourth-order valence-corrected chi connectivity index (χ4v) is 6.48. The highest BCUT2D eigenvalue weighted by atomic mass is 16.3. The molecule has 0 amide bonds. The van der Waals surface area contributed by atoms with Gasteiger partial charge in [-0.05, 0) is 76.4 Å². The minimum absolute atomic E-state index is 0.135. The molecule has 0 radical (unpaired) electrons. The van der Waals surface area contributed by atoms with Gasteiger partial charge in [-0.1, -0.05) is 114 Å². The molecule has 0 fully saturated rings. The maximum atomic E-state index is 12.0. The number of aromatic hydroxyl groups is 1. The van der Waals surface area contributed by atoms with Gasteiger partial charge in [-0.2, -0.15) is 0 Å². The standard InChI is InChI=1S/C44H42N4O/c1-28-27-46-37(26-34(28)29-15-10-8-11-16-29)30-17-14-18-31(23-30)39-40-38(21-22-45-39)48(33-19-12-9-13-20-33)42(47-40)35-24-32(43(2,3)4)25-36(41(35)49)44(5,6)7/h8-27,49H,1-7H3. The normalized spacial score (nSPS) is 12.1. The summed E-state index contributed by atoms with van der Waals surface area (Å²) in [5.74, 6) is 0.928. The van der Waals surface area contributed by atoms with Crippen LogP contribution in [-0.2, 0) is 10.8 Å². The molecular formula is C44H42N4O. The van der Waals surface area contributed by atoms with Gasteiger partial charge < -0.3 is 5.11 Å². The number of rotatable bonds is 5. The van der Waals surface area contributed by atoms with E-state index in [0.717, 1.165) is 61.5 Å². The smallest absolute Gasteiger partial charge is 0.149 e. The van der Waals surface area contributed by atoms with Crippen molar-refractivity contribution in [1.29, 1.82) is 0 Å². The largest absolute Gasteiger partial charge is 0.507 e. The van der Waals surface area contributed by atoms with Crippen molar-refractivity contribution in [2.24, 2.45) is 0 Å². The van der Waals surface area contributed by atoms with E-state index in [0.29, 0.717) is 11.4 Å². The number of pyridine rings is 2. The molecule has 0 atom stereocenters. The third-order valence-electron chi connectivity index (χ3n) is 9.23. The Morgan fingerprint density at radius 3 is 2.00 bits per heavy atom. The van der Waals surface area contributed by atoms with Crippen LogP contribution in [0.4, 0.5) is 0 Å². The predicted molar refractivity (Wildman–Crippen MR) is 202 cm³/mol. The fourth-order valence-electron chi connectivity index (χ4n) is 6.48. The second kappa shape index (κ2) is 12.2. The van der Waals surface area contributed by atoms with E-state index in [1.54, 1.807) is 0 Å². The lowest BCUT2D eigenvalue weighted by atomic mass is 9.79. The van der Waals surface area contributed by atoms with Gasteiger partial charge in [0.15, 0.2) is 0 Å². The third kappa shape index (κ3) is 6.02. The van der Waals surface area contributed by atoms with Crippen molar-refractivity contribution in [3.05, 3.63) is 138 Å². The lowest BCUT2D eigenvalue weighted by molar-refractivity contribution is 0.446. The Balaban J connectivity index is 1.45. The Morgan fingerprint density at radius 1 is 0.633 bits per heavy atom. The van der Waals surface area contributed by atoms with Gasteiger partial charge in [0, 0.05) is 34.8 Å². The minimum atomic E-state index is -0.277. The number of aryl methyl sites for hydroxylation is 1. The average molecular weight is 643 g/mol. The summed E-state index contributed by atoms with van der Waals surface area (Å²) in [5.41, 5.74) is 12.0. The second-order valence-electron chi connectivity index (χ2n) is 14.9. The first-order valence-corrected chi connectivity index (χ1v) is 16.8. The summed E-state index contributed by atoms with van der Waals surface area (Å²) in [6.45, 7) is 15.1. The van der Waals surface area contributed by atoms with Crippen molar-refractivity contribution < 1.29 is 5.11 Å². The molecule has 4 aromatic carbocycles. The molecule has 3 heterocycles. The summed E-state index contributed by atoms with van der Waals surface area (Å²) < 4.78 is 2.14. The average Bonchev–Trinajstić information content (AvgIpc) is 3.48. The van der Waals surface area contributed by atoms with Crippen LogP contribution in [0.15, 0.2) is 122 Å². The molecule has 0 aliphatic carbocycles. The van der Waals surface area contributed by atoms with Gasteiger partial charge >= 0.3 is 0 Å². The first-order valence-electron chi connectivity index (χ1n) is 16.8. The van der Waals surface area contributed by atoms with Gasteiger partial charge in [0.05, 0.1) is 22.5 Å². The molecule has 244 valence electrons. The topological polar surface area (TPSA) is 63.8 Å². The maximum absolute atomic E-state index is 12.0. The van der Waals surface area contributed by atoms with Gasteiger partial charge in [0.25, 0.3) is 0 Å². The van der Waals surface area contributed by atoms with E-state index in [4.69, 9.17) is 15.0 Å². The van der Waals surface area contributed by atoms with Crippen molar-refractivity contribution in [3.8, 4) is 56.5 Å². The summed E-state index contributed by atoms with van der Waals surface area (Å²) in [4.78, 5) is 15.1. The van der Waals surface area contributed by atoms with Crippen LogP contribution in [0, 0.1) is 6.92 Å². The molecule has 49 heavy (non-hydrogen) atoms. The molecule has 0 unspecified atom stereocenters. The van der Waals surface area contributed by atoms with Crippen LogP contribution in [0.1, 0.15) is 58.2 Å². The Bertz CT molecular complexity index is 2310. The highest BCUT2D eigenvalue weighted by molar-refractivity contribution is 5.94. The van der Waals surface area contributed by atoms with Crippen molar-refractivity contribution in [2.75, 3.05) is 0 Å². The van der Waals surface area contributed by atoms with Gasteiger partial charge in [0.2, 0.25) is 0 Å². The van der Waals surface area contributed by atoms with Gasteiger partial charge in [-0.3, -0.25) is 14.5 Å². The van der Waals surface area contributed by atoms with Gasteiger partial charge in [0.1, 0.15) is 17.1 Å². The molecule has 0 spiro atoms. The Morgan fingerprint density at radius 2 is 1.31 bits per heavy atom. The number of para-hydroxylation sites is 1. The van der Waals surface area contributed by atoms with Crippen LogP contribution < -0.4 is 0 Å². The first-order chi connectivity index (χ1) is 23.4. The number of hydrogen-bond donors (Lipinski definition) is 1. The molecule has 7 aromatic rings. The number of phenols is 1. The summed E-state index contributed by atoms with van der Waals surface area (Å²) in [5, 5.41) is 12.0. The van der Waals surface area contributed by atoms with E-state index in [1.807, 2.05) is 42.7 Å². The molecule has 1 N–H and O–H groups in total. The van der Waals surface area contributed by atoms with E-state index in [-0.39, 0.29) is 16.6 Å². The number of imidazole rings is 1. The predicted octanol–water partition coefficient (Wildman–Crippen LogP) is 11.1. The molecule has 7 rings (SSSR count). The summed E-state index contributed by atoms with van der Waals surface area (Å²) in [6, 6.07) is 37.4. The zero-order valence-corrected chi connectivity index (χ0v) is 29.3. The SMILES string of the molecule is Cc1cnc(-c2cccc(-c3nccc4c3nc(-c3cc(C(C)(C)C)cc(C(C)(C)C)c3O)n4-c3ccccc3)c2)cc1-c1ccccc1. The molecule has 5 nitrogen and oxygen atoms in total. The zero-order chi connectivity index (χ0) is 34.5. The molecule has 3 aromatic heterocycles. The monoisotopic (exact) mass is 642 g/mol. The fraction of sp³-hybridized carbons (Fsp3) is 0.205. The van der Waals surface area contributed by atoms with E-state index in [9.17, 15) is 5.11 Å². The van der Waals surface area contributed by atoms with Crippen LogP contribution in [0.3, 0.4) is 0 Å². The summed E-state index contributed by atoms with van der Waals surface area (Å²) in [6.07, 6.45) is 3.79. The van der Waals surface area contributed by atoms with Gasteiger partial charge in [-0.25, -0.2) is 4.98 Å². The lowest BCUT2D eigenvalue weighted by Gasteiger charge is -2.27. The molecule has 0 aliphatic rings. The molecule has 5 heteroatoms. The summed E-state index contributed by atoms with van der Waals surface area (Å²) in [7, 11) is 0. The number of nitrogens with zero attached hydrogens (tertiary/aromatic N) is 4. The van der Waals surface area contributed by atoms with E-state index >= 15 is 0 Å². The quantitative estimate of drug-likeness (QED) is 0.203. The number of aromatic nitrogens is 4. The Labute approximate surface area is 289 Å². The van der Waals surface area contributed by atoms with Crippen LogP contribution in [0.2, 0.25) is 0 Å². The van der Waals surface area contributed by atoms with Crippen molar-refractivity contribution in [1.82, 2.24) is 19.5 Å². The minimum Gasteiger partial charge on any atom is -0.507 e. The molecule has 0 saturated heterocycles. The number of benzene rings is 4. The number of hydrogen-bond acceptors (Lipinski definition) is 4. The van der Waals surface area contributed by atoms with E-state index < -0.39 is 0 Å².